The molecule has 1 nitrogen and oxygen atoms in total. The molecule has 0 aliphatic rings. The van der Waals surface area contributed by atoms with Crippen molar-refractivity contribution in [2.45, 2.75) is 19.5 Å². The summed E-state index contributed by atoms with van der Waals surface area (Å²) >= 11 is 0. The Morgan fingerprint density at radius 2 is 2.00 bits per heavy atom. The van der Waals surface area contributed by atoms with E-state index < -0.39 is 12.6 Å². The summed E-state index contributed by atoms with van der Waals surface area (Å²) in [4.78, 5) is 3.47. The van der Waals surface area contributed by atoms with Crippen molar-refractivity contribution in [3.8, 4) is 0 Å². The molecular formula is C6H8F3N. The number of nitrogens with zero attached hydrogens (tertiary/aromatic N) is 1. The maximum Gasteiger partial charge on any atom is 0.392 e. The molecule has 0 bridgehead atoms. The molecular weight excluding hydrogens is 143 g/mol. The van der Waals surface area contributed by atoms with Gasteiger partial charge in [-0.15, -0.1) is 0 Å². The molecule has 0 atom stereocenters. The summed E-state index contributed by atoms with van der Waals surface area (Å²) in [7, 11) is 0. The van der Waals surface area contributed by atoms with Gasteiger partial charge in [-0.2, -0.15) is 13.2 Å². The first kappa shape index (κ1) is 9.20. The maximum atomic E-state index is 11.4. The highest BCUT2D eigenvalue weighted by molar-refractivity contribution is 5.54. The summed E-state index contributed by atoms with van der Waals surface area (Å²) in [5.41, 5.74) is 0. The minimum atomic E-state index is -4.11. The highest BCUT2D eigenvalue weighted by Crippen LogP contribution is 2.19. The van der Waals surface area contributed by atoms with Crippen LogP contribution in [-0.4, -0.2) is 12.4 Å². The SMILES string of the molecule is C/C=N\C=C/CC(F)(F)F. The van der Waals surface area contributed by atoms with E-state index in [9.17, 15) is 13.2 Å². The van der Waals surface area contributed by atoms with Crippen molar-refractivity contribution >= 4 is 6.21 Å². The molecule has 0 N–H and O–H groups in total. The standard InChI is InChI=1S/C6H8F3N/c1-2-10-5-3-4-6(7,8)9/h2-3,5H,4H2,1H3/b5-3-,10-2-. The number of alkyl halides is 3. The van der Waals surface area contributed by atoms with Gasteiger partial charge < -0.3 is 0 Å². The number of aliphatic imine (C=N–C) groups is 1. The van der Waals surface area contributed by atoms with Gasteiger partial charge in [0.05, 0.1) is 6.42 Å². The van der Waals surface area contributed by atoms with Crippen molar-refractivity contribution in [2.24, 2.45) is 4.99 Å². The molecule has 0 aliphatic carbocycles. The molecule has 0 rings (SSSR count). The zero-order chi connectivity index (χ0) is 8.04. The van der Waals surface area contributed by atoms with Gasteiger partial charge in [0.25, 0.3) is 0 Å². The molecule has 0 fully saturated rings. The number of hydrogen-bond donors (Lipinski definition) is 0. The summed E-state index contributed by atoms with van der Waals surface area (Å²) in [6, 6.07) is 0. The summed E-state index contributed by atoms with van der Waals surface area (Å²) in [6.45, 7) is 1.64. The Labute approximate surface area is 57.3 Å². The van der Waals surface area contributed by atoms with Crippen molar-refractivity contribution < 1.29 is 13.2 Å². The van der Waals surface area contributed by atoms with Crippen molar-refractivity contribution in [1.82, 2.24) is 0 Å². The first-order chi connectivity index (χ1) is 4.56. The number of rotatable bonds is 2. The first-order valence-electron chi connectivity index (χ1n) is 2.76. The second-order valence-corrected chi connectivity index (χ2v) is 1.61. The lowest BCUT2D eigenvalue weighted by Crippen LogP contribution is -2.03. The zero-order valence-corrected chi connectivity index (χ0v) is 5.52. The summed E-state index contributed by atoms with van der Waals surface area (Å²) in [5.74, 6) is 0. The minimum absolute atomic E-state index is 0.912. The van der Waals surface area contributed by atoms with Crippen molar-refractivity contribution in [3.63, 3.8) is 0 Å². The molecule has 0 saturated carbocycles. The fourth-order valence-electron chi connectivity index (χ4n) is 0.333. The Hall–Kier alpha value is -0.800. The van der Waals surface area contributed by atoms with Gasteiger partial charge in [0.1, 0.15) is 0 Å². The van der Waals surface area contributed by atoms with E-state index >= 15 is 0 Å². The molecule has 0 spiro atoms. The van der Waals surface area contributed by atoms with E-state index in [2.05, 4.69) is 4.99 Å². The summed E-state index contributed by atoms with van der Waals surface area (Å²) in [5, 5.41) is 0. The van der Waals surface area contributed by atoms with Gasteiger partial charge in [0, 0.05) is 12.4 Å². The van der Waals surface area contributed by atoms with Gasteiger partial charge in [-0.1, -0.05) is 6.08 Å². The van der Waals surface area contributed by atoms with E-state index in [1.54, 1.807) is 6.92 Å². The van der Waals surface area contributed by atoms with Gasteiger partial charge in [-0.05, 0) is 6.92 Å². The fourth-order valence-corrected chi connectivity index (χ4v) is 0.333. The number of allylic oxidation sites excluding steroid dienone is 1. The molecule has 0 amide bonds. The number of halogens is 3. The van der Waals surface area contributed by atoms with Gasteiger partial charge >= 0.3 is 6.18 Å². The molecule has 4 heteroatoms. The Morgan fingerprint density at radius 3 is 2.40 bits per heavy atom. The Balaban J connectivity index is 3.54. The van der Waals surface area contributed by atoms with Crippen LogP contribution in [0.1, 0.15) is 13.3 Å². The largest absolute Gasteiger partial charge is 0.392 e. The first-order valence-corrected chi connectivity index (χ1v) is 2.76. The predicted octanol–water partition coefficient (Wildman–Crippen LogP) is 2.54. The highest BCUT2D eigenvalue weighted by atomic mass is 19.4. The molecule has 0 saturated heterocycles. The predicted molar refractivity (Wildman–Crippen MR) is 34.0 cm³/mol. The maximum absolute atomic E-state index is 11.4. The van der Waals surface area contributed by atoms with Crippen molar-refractivity contribution in [1.29, 1.82) is 0 Å². The van der Waals surface area contributed by atoms with Crippen molar-refractivity contribution in [2.75, 3.05) is 0 Å². The highest BCUT2D eigenvalue weighted by Gasteiger charge is 2.24. The lowest BCUT2D eigenvalue weighted by atomic mass is 10.4. The Bertz CT molecular complexity index is 134. The molecule has 58 valence electrons. The Morgan fingerprint density at radius 1 is 1.40 bits per heavy atom. The average molecular weight is 151 g/mol. The van der Waals surface area contributed by atoms with Crippen LogP contribution in [-0.2, 0) is 0 Å². The van der Waals surface area contributed by atoms with Crippen LogP contribution in [0.3, 0.4) is 0 Å². The lowest BCUT2D eigenvalue weighted by Gasteiger charge is -1.98. The van der Waals surface area contributed by atoms with Crippen LogP contribution in [0.5, 0.6) is 0 Å². The summed E-state index contributed by atoms with van der Waals surface area (Å²) in [6.07, 6.45) is -1.50. The third-order valence-corrected chi connectivity index (χ3v) is 0.690. The van der Waals surface area contributed by atoms with Crippen LogP contribution in [0, 0.1) is 0 Å². The van der Waals surface area contributed by atoms with Crippen LogP contribution in [0.15, 0.2) is 17.3 Å². The van der Waals surface area contributed by atoms with Crippen LogP contribution >= 0.6 is 0 Å². The van der Waals surface area contributed by atoms with Crippen LogP contribution in [0.4, 0.5) is 13.2 Å². The van der Waals surface area contributed by atoms with E-state index in [0.717, 1.165) is 12.3 Å². The second-order valence-electron chi connectivity index (χ2n) is 1.61. The molecule has 0 aromatic heterocycles. The quantitative estimate of drug-likeness (QED) is 0.538. The van der Waals surface area contributed by atoms with E-state index in [0.29, 0.717) is 0 Å². The van der Waals surface area contributed by atoms with Crippen LogP contribution in [0.25, 0.3) is 0 Å². The van der Waals surface area contributed by atoms with Crippen molar-refractivity contribution in [3.05, 3.63) is 12.3 Å². The molecule has 0 aliphatic heterocycles. The minimum Gasteiger partial charge on any atom is -0.270 e. The number of hydrogen-bond acceptors (Lipinski definition) is 1. The van der Waals surface area contributed by atoms with Crippen LogP contribution in [0.2, 0.25) is 0 Å². The summed E-state index contributed by atoms with van der Waals surface area (Å²) < 4.78 is 34.1. The molecule has 0 unspecified atom stereocenters. The second kappa shape index (κ2) is 4.09. The zero-order valence-electron chi connectivity index (χ0n) is 5.52. The van der Waals surface area contributed by atoms with E-state index in [4.69, 9.17) is 0 Å². The van der Waals surface area contributed by atoms with Crippen LogP contribution < -0.4 is 0 Å². The molecule has 0 aromatic carbocycles. The molecule has 0 radical (unpaired) electrons. The van der Waals surface area contributed by atoms with Gasteiger partial charge in [-0.25, -0.2) is 0 Å². The average Bonchev–Trinajstić information content (AvgIpc) is 1.78. The van der Waals surface area contributed by atoms with E-state index in [-0.39, 0.29) is 0 Å². The van der Waals surface area contributed by atoms with Gasteiger partial charge in [0.2, 0.25) is 0 Å². The smallest absolute Gasteiger partial charge is 0.270 e. The molecule has 10 heavy (non-hydrogen) atoms. The molecule has 0 aromatic rings. The Kier molecular flexibility index (Phi) is 3.76. The van der Waals surface area contributed by atoms with E-state index in [1.807, 2.05) is 0 Å². The lowest BCUT2D eigenvalue weighted by molar-refractivity contribution is -0.125. The normalized spacial score (nSPS) is 13.6. The topological polar surface area (TPSA) is 12.4 Å². The van der Waals surface area contributed by atoms with Gasteiger partial charge in [0.15, 0.2) is 0 Å². The third kappa shape index (κ3) is 7.20. The van der Waals surface area contributed by atoms with E-state index in [1.165, 1.54) is 6.21 Å². The molecule has 0 heterocycles. The third-order valence-electron chi connectivity index (χ3n) is 0.690. The monoisotopic (exact) mass is 151 g/mol. The van der Waals surface area contributed by atoms with Gasteiger partial charge in [-0.3, -0.25) is 4.99 Å². The fraction of sp³-hybridized carbons (Fsp3) is 0.500.